The van der Waals surface area contributed by atoms with Gasteiger partial charge in [0.2, 0.25) is 0 Å². The molecule has 5 heteroatoms. The number of aliphatic carboxylic acids is 1. The number of pyridine rings is 1. The third-order valence-electron chi connectivity index (χ3n) is 3.38. The fourth-order valence-electron chi connectivity index (χ4n) is 2.33. The number of para-hydroxylation sites is 1. The largest absolute Gasteiger partial charge is 0.489 e. The number of hydrogen-bond acceptors (Lipinski definition) is 4. The van der Waals surface area contributed by atoms with Crippen LogP contribution >= 0.6 is 0 Å². The molecule has 1 aliphatic heterocycles. The Hall–Kier alpha value is -2.14. The summed E-state index contributed by atoms with van der Waals surface area (Å²) >= 11 is 0. The van der Waals surface area contributed by atoms with Gasteiger partial charge in [-0.1, -0.05) is 18.2 Å². The van der Waals surface area contributed by atoms with Crippen LogP contribution in [0.4, 0.5) is 0 Å². The first-order valence-corrected chi connectivity index (χ1v) is 6.58. The Kier molecular flexibility index (Phi) is 3.52. The number of carboxylic acid groups (broad SMARTS) is 1. The molecule has 0 spiro atoms. The van der Waals surface area contributed by atoms with E-state index >= 15 is 0 Å². The summed E-state index contributed by atoms with van der Waals surface area (Å²) in [6.45, 7) is 0.351. The Morgan fingerprint density at radius 3 is 3.05 bits per heavy atom. The van der Waals surface area contributed by atoms with E-state index in [1.807, 2.05) is 30.3 Å². The number of benzene rings is 1. The van der Waals surface area contributed by atoms with Crippen LogP contribution < -0.4 is 4.74 Å². The smallest absolute Gasteiger partial charge is 0.332 e. The van der Waals surface area contributed by atoms with E-state index in [1.54, 1.807) is 6.20 Å². The van der Waals surface area contributed by atoms with Crippen molar-refractivity contribution in [2.75, 3.05) is 6.61 Å². The van der Waals surface area contributed by atoms with Gasteiger partial charge in [-0.15, -0.1) is 0 Å². The summed E-state index contributed by atoms with van der Waals surface area (Å²) in [4.78, 5) is 15.1. The molecule has 104 valence electrons. The molecule has 0 saturated carbocycles. The number of nitrogens with zero attached hydrogens (tertiary/aromatic N) is 1. The first kappa shape index (κ1) is 12.9. The van der Waals surface area contributed by atoms with Crippen LogP contribution in [0.5, 0.6) is 5.75 Å². The Bertz CT molecular complexity index is 628. The highest BCUT2D eigenvalue weighted by atomic mass is 16.6. The van der Waals surface area contributed by atoms with Crippen molar-refractivity contribution in [1.82, 2.24) is 4.98 Å². The van der Waals surface area contributed by atoms with Crippen LogP contribution in [0.1, 0.15) is 12.8 Å². The van der Waals surface area contributed by atoms with Gasteiger partial charge in [-0.2, -0.15) is 0 Å². The highest BCUT2D eigenvalue weighted by Gasteiger charge is 2.30. The van der Waals surface area contributed by atoms with Gasteiger partial charge in [0.15, 0.2) is 6.10 Å². The fourth-order valence-corrected chi connectivity index (χ4v) is 2.33. The number of hydrogen-bond donors (Lipinski definition) is 1. The molecule has 3 rings (SSSR count). The molecule has 2 unspecified atom stereocenters. The summed E-state index contributed by atoms with van der Waals surface area (Å²) in [6.07, 6.45) is 2.06. The van der Waals surface area contributed by atoms with Crippen molar-refractivity contribution in [2.24, 2.45) is 0 Å². The van der Waals surface area contributed by atoms with E-state index in [0.29, 0.717) is 25.2 Å². The predicted octanol–water partition coefficient (Wildman–Crippen LogP) is 2.25. The summed E-state index contributed by atoms with van der Waals surface area (Å²) in [6, 6.07) is 9.73. The molecule has 5 nitrogen and oxygen atoms in total. The van der Waals surface area contributed by atoms with Gasteiger partial charge >= 0.3 is 5.97 Å². The minimum absolute atomic E-state index is 0.164. The van der Waals surface area contributed by atoms with E-state index in [0.717, 1.165) is 10.9 Å². The maximum Gasteiger partial charge on any atom is 0.332 e. The SMILES string of the molecule is O=C(O)C1CCC(COc2cnc3ccccc3c2)O1. The molecule has 1 aromatic carbocycles. The zero-order valence-electron chi connectivity index (χ0n) is 10.9. The molecule has 1 N–H and O–H groups in total. The standard InChI is InChI=1S/C15H15NO4/c17-15(18)14-6-5-11(20-14)9-19-12-7-10-3-1-2-4-13(10)16-8-12/h1-4,7-8,11,14H,5-6,9H2,(H,17,18). The van der Waals surface area contributed by atoms with Crippen molar-refractivity contribution in [3.63, 3.8) is 0 Å². The zero-order chi connectivity index (χ0) is 13.9. The number of aromatic nitrogens is 1. The average molecular weight is 273 g/mol. The Morgan fingerprint density at radius 1 is 1.40 bits per heavy atom. The van der Waals surface area contributed by atoms with Crippen LogP contribution in [-0.2, 0) is 9.53 Å². The van der Waals surface area contributed by atoms with E-state index in [1.165, 1.54) is 0 Å². The lowest BCUT2D eigenvalue weighted by atomic mass is 10.2. The van der Waals surface area contributed by atoms with Gasteiger partial charge in [0.25, 0.3) is 0 Å². The first-order valence-electron chi connectivity index (χ1n) is 6.58. The molecule has 20 heavy (non-hydrogen) atoms. The van der Waals surface area contributed by atoms with E-state index in [9.17, 15) is 4.79 Å². The Balaban J connectivity index is 1.61. The molecular formula is C15H15NO4. The molecule has 2 atom stereocenters. The van der Waals surface area contributed by atoms with Gasteiger partial charge in [0.05, 0.1) is 17.8 Å². The van der Waals surface area contributed by atoms with Crippen LogP contribution in [0, 0.1) is 0 Å². The van der Waals surface area contributed by atoms with Crippen molar-refractivity contribution in [3.8, 4) is 5.75 Å². The second-order valence-electron chi connectivity index (χ2n) is 4.84. The summed E-state index contributed by atoms with van der Waals surface area (Å²) < 4.78 is 11.0. The second-order valence-corrected chi connectivity index (χ2v) is 4.84. The minimum Gasteiger partial charge on any atom is -0.489 e. The lowest BCUT2D eigenvalue weighted by Crippen LogP contribution is -2.23. The quantitative estimate of drug-likeness (QED) is 0.925. The predicted molar refractivity (Wildman–Crippen MR) is 72.8 cm³/mol. The van der Waals surface area contributed by atoms with E-state index < -0.39 is 12.1 Å². The molecule has 1 aliphatic rings. The maximum atomic E-state index is 10.8. The van der Waals surface area contributed by atoms with E-state index in [-0.39, 0.29) is 6.10 Å². The normalized spacial score (nSPS) is 22.0. The molecule has 1 fully saturated rings. The second kappa shape index (κ2) is 5.46. The first-order chi connectivity index (χ1) is 9.72. The number of ether oxygens (including phenoxy) is 2. The zero-order valence-corrected chi connectivity index (χ0v) is 10.9. The van der Waals surface area contributed by atoms with Crippen LogP contribution in [0.15, 0.2) is 36.5 Å². The van der Waals surface area contributed by atoms with Gasteiger partial charge < -0.3 is 14.6 Å². The minimum atomic E-state index is -0.903. The third kappa shape index (κ3) is 2.72. The van der Waals surface area contributed by atoms with Gasteiger partial charge in [-0.3, -0.25) is 4.98 Å². The molecule has 2 heterocycles. The summed E-state index contributed by atoms with van der Waals surface area (Å²) in [5, 5.41) is 9.87. The Morgan fingerprint density at radius 2 is 2.25 bits per heavy atom. The number of carboxylic acids is 1. The van der Waals surface area contributed by atoms with Gasteiger partial charge in [0, 0.05) is 5.39 Å². The lowest BCUT2D eigenvalue weighted by Gasteiger charge is -2.12. The summed E-state index contributed by atoms with van der Waals surface area (Å²) in [5.74, 6) is -0.231. The monoisotopic (exact) mass is 273 g/mol. The van der Waals surface area contributed by atoms with E-state index in [2.05, 4.69) is 4.98 Å². The van der Waals surface area contributed by atoms with Gasteiger partial charge in [-0.05, 0) is 25.0 Å². The van der Waals surface area contributed by atoms with Crippen molar-refractivity contribution in [3.05, 3.63) is 36.5 Å². The average Bonchev–Trinajstić information content (AvgIpc) is 2.94. The van der Waals surface area contributed by atoms with Crippen LogP contribution in [0.2, 0.25) is 0 Å². The van der Waals surface area contributed by atoms with E-state index in [4.69, 9.17) is 14.6 Å². The van der Waals surface area contributed by atoms with Crippen LogP contribution in [0.25, 0.3) is 10.9 Å². The van der Waals surface area contributed by atoms with Crippen LogP contribution in [0.3, 0.4) is 0 Å². The molecule has 0 aliphatic carbocycles. The van der Waals surface area contributed by atoms with Crippen molar-refractivity contribution >= 4 is 16.9 Å². The summed E-state index contributed by atoms with van der Waals surface area (Å²) in [7, 11) is 0. The van der Waals surface area contributed by atoms with Gasteiger partial charge in [-0.25, -0.2) is 4.79 Å². The molecule has 1 aromatic heterocycles. The number of fused-ring (bicyclic) bond motifs is 1. The topological polar surface area (TPSA) is 68.7 Å². The number of carbonyl (C=O) groups is 1. The highest BCUT2D eigenvalue weighted by molar-refractivity contribution is 5.79. The third-order valence-corrected chi connectivity index (χ3v) is 3.38. The molecular weight excluding hydrogens is 258 g/mol. The maximum absolute atomic E-state index is 10.8. The number of rotatable bonds is 4. The van der Waals surface area contributed by atoms with Crippen molar-refractivity contribution in [1.29, 1.82) is 0 Å². The summed E-state index contributed by atoms with van der Waals surface area (Å²) in [5.41, 5.74) is 0.919. The Labute approximate surface area is 116 Å². The molecule has 0 radical (unpaired) electrons. The fraction of sp³-hybridized carbons (Fsp3) is 0.333. The molecule has 2 aromatic rings. The molecule has 0 bridgehead atoms. The lowest BCUT2D eigenvalue weighted by molar-refractivity contribution is -0.149. The van der Waals surface area contributed by atoms with Gasteiger partial charge in [0.1, 0.15) is 12.4 Å². The highest BCUT2D eigenvalue weighted by Crippen LogP contribution is 2.22. The van der Waals surface area contributed by atoms with Crippen molar-refractivity contribution < 1.29 is 19.4 Å². The van der Waals surface area contributed by atoms with Crippen LogP contribution in [-0.4, -0.2) is 34.9 Å². The molecule has 1 saturated heterocycles. The van der Waals surface area contributed by atoms with Crippen molar-refractivity contribution in [2.45, 2.75) is 25.0 Å². The molecule has 0 amide bonds.